The number of carbonyl (C=O) groups excluding carboxylic acids is 1. The molecule has 0 radical (unpaired) electrons. The first-order chi connectivity index (χ1) is 15.4. The van der Waals surface area contributed by atoms with E-state index in [0.29, 0.717) is 63.9 Å². The number of amides is 1. The summed E-state index contributed by atoms with van der Waals surface area (Å²) in [6, 6.07) is 10.5. The molecule has 2 aromatic carbocycles. The average Bonchev–Trinajstić information content (AvgIpc) is 2.82. The van der Waals surface area contributed by atoms with Crippen LogP contribution in [0.1, 0.15) is 21.5 Å². The van der Waals surface area contributed by atoms with Gasteiger partial charge in [-0.15, -0.1) is 0 Å². The van der Waals surface area contributed by atoms with Gasteiger partial charge in [0, 0.05) is 31.7 Å². The number of nitrogens with zero attached hydrogens (tertiary/aromatic N) is 2. The summed E-state index contributed by atoms with van der Waals surface area (Å²) in [4.78, 5) is 15.4. The van der Waals surface area contributed by atoms with Gasteiger partial charge in [0.15, 0.2) is 0 Å². The Hall–Kier alpha value is -2.46. The maximum Gasteiger partial charge on any atom is 0.255 e. The molecule has 2 aliphatic heterocycles. The van der Waals surface area contributed by atoms with Gasteiger partial charge in [-0.2, -0.15) is 4.31 Å². The van der Waals surface area contributed by atoms with Gasteiger partial charge in [-0.25, -0.2) is 8.42 Å². The molecule has 0 unspecified atom stereocenters. The van der Waals surface area contributed by atoms with Crippen LogP contribution in [0.15, 0.2) is 41.3 Å². The Morgan fingerprint density at radius 3 is 2.28 bits per heavy atom. The van der Waals surface area contributed by atoms with Crippen LogP contribution in [-0.2, 0) is 19.5 Å². The van der Waals surface area contributed by atoms with Crippen LogP contribution in [0.2, 0.25) is 0 Å². The lowest BCUT2D eigenvalue weighted by Gasteiger charge is -2.31. The fourth-order valence-electron chi connectivity index (χ4n) is 3.98. The summed E-state index contributed by atoms with van der Waals surface area (Å²) in [5, 5.41) is 2.98. The molecule has 1 N–H and O–H groups in total. The minimum Gasteiger partial charge on any atom is -0.379 e. The van der Waals surface area contributed by atoms with E-state index >= 15 is 0 Å². The van der Waals surface area contributed by atoms with Gasteiger partial charge >= 0.3 is 0 Å². The van der Waals surface area contributed by atoms with Crippen molar-refractivity contribution >= 4 is 27.3 Å². The first kappa shape index (κ1) is 22.7. The summed E-state index contributed by atoms with van der Waals surface area (Å²) in [7, 11) is -3.69. The third kappa shape index (κ3) is 4.66. The number of benzene rings is 2. The molecule has 172 valence electrons. The van der Waals surface area contributed by atoms with E-state index in [-0.39, 0.29) is 10.8 Å². The van der Waals surface area contributed by atoms with Crippen LogP contribution in [0, 0.1) is 13.8 Å². The molecule has 8 nitrogen and oxygen atoms in total. The van der Waals surface area contributed by atoms with Crippen LogP contribution in [0.25, 0.3) is 0 Å². The SMILES string of the molecule is Cc1cccc(C(=O)Nc2cc(S(=O)(=O)N3CCOCC3)ccc2N2CCOCC2)c1C. The first-order valence-corrected chi connectivity index (χ1v) is 12.2. The zero-order chi connectivity index (χ0) is 22.7. The topological polar surface area (TPSA) is 88.2 Å². The zero-order valence-corrected chi connectivity index (χ0v) is 19.3. The smallest absolute Gasteiger partial charge is 0.255 e. The predicted octanol–water partition coefficient (Wildman–Crippen LogP) is 2.41. The summed E-state index contributed by atoms with van der Waals surface area (Å²) >= 11 is 0. The largest absolute Gasteiger partial charge is 0.379 e. The Kier molecular flexibility index (Phi) is 6.80. The highest BCUT2D eigenvalue weighted by Crippen LogP contribution is 2.32. The van der Waals surface area contributed by atoms with Crippen LogP contribution in [0.5, 0.6) is 0 Å². The van der Waals surface area contributed by atoms with Crippen molar-refractivity contribution in [2.45, 2.75) is 18.7 Å². The van der Waals surface area contributed by atoms with Gasteiger partial charge in [0.1, 0.15) is 0 Å². The Labute approximate surface area is 189 Å². The van der Waals surface area contributed by atoms with Gasteiger partial charge in [-0.05, 0) is 49.2 Å². The number of hydrogen-bond donors (Lipinski definition) is 1. The number of nitrogens with one attached hydrogen (secondary N) is 1. The molecule has 0 spiro atoms. The quantitative estimate of drug-likeness (QED) is 0.739. The molecule has 1 amide bonds. The highest BCUT2D eigenvalue weighted by Gasteiger charge is 2.28. The number of carbonyl (C=O) groups is 1. The number of rotatable bonds is 5. The van der Waals surface area contributed by atoms with Crippen molar-refractivity contribution in [1.29, 1.82) is 0 Å². The molecule has 0 aliphatic carbocycles. The lowest BCUT2D eigenvalue weighted by Crippen LogP contribution is -2.40. The highest BCUT2D eigenvalue weighted by molar-refractivity contribution is 7.89. The second-order valence-electron chi connectivity index (χ2n) is 8.00. The Bertz CT molecular complexity index is 1090. The van der Waals surface area contributed by atoms with E-state index in [2.05, 4.69) is 10.2 Å². The van der Waals surface area contributed by atoms with Crippen LogP contribution >= 0.6 is 0 Å². The molecular formula is C23H29N3O5S. The fourth-order valence-corrected chi connectivity index (χ4v) is 5.41. The third-order valence-electron chi connectivity index (χ3n) is 6.03. The summed E-state index contributed by atoms with van der Waals surface area (Å²) in [5.74, 6) is -0.262. The fraction of sp³-hybridized carbons (Fsp3) is 0.435. The lowest BCUT2D eigenvalue weighted by molar-refractivity contribution is 0.0730. The number of sulfonamides is 1. The van der Waals surface area contributed by atoms with Gasteiger partial charge < -0.3 is 19.7 Å². The molecule has 2 aliphatic rings. The molecule has 32 heavy (non-hydrogen) atoms. The molecular weight excluding hydrogens is 430 g/mol. The van der Waals surface area contributed by atoms with Gasteiger partial charge in [-0.1, -0.05) is 12.1 Å². The van der Waals surface area contributed by atoms with Crippen LogP contribution in [0.4, 0.5) is 11.4 Å². The molecule has 2 heterocycles. The molecule has 0 atom stereocenters. The zero-order valence-electron chi connectivity index (χ0n) is 18.5. The Morgan fingerprint density at radius 2 is 1.59 bits per heavy atom. The van der Waals surface area contributed by atoms with E-state index < -0.39 is 10.0 Å². The van der Waals surface area contributed by atoms with Crippen LogP contribution in [-0.4, -0.2) is 71.2 Å². The number of anilines is 2. The Morgan fingerprint density at radius 1 is 0.938 bits per heavy atom. The molecule has 0 aromatic heterocycles. The summed E-state index contributed by atoms with van der Waals surface area (Å²) in [6.07, 6.45) is 0. The Balaban J connectivity index is 1.70. The minimum absolute atomic E-state index is 0.160. The van der Waals surface area contributed by atoms with Crippen molar-refractivity contribution in [3.63, 3.8) is 0 Å². The molecule has 9 heteroatoms. The molecule has 4 rings (SSSR count). The van der Waals surface area contributed by atoms with Crippen molar-refractivity contribution in [2.24, 2.45) is 0 Å². The molecule has 2 fully saturated rings. The number of ether oxygens (including phenoxy) is 2. The van der Waals surface area contributed by atoms with Gasteiger partial charge in [-0.3, -0.25) is 4.79 Å². The van der Waals surface area contributed by atoms with E-state index in [4.69, 9.17) is 9.47 Å². The molecule has 2 aromatic rings. The third-order valence-corrected chi connectivity index (χ3v) is 7.92. The normalized spacial score (nSPS) is 17.9. The maximum absolute atomic E-state index is 13.2. The lowest BCUT2D eigenvalue weighted by atomic mass is 10.0. The standard InChI is InChI=1S/C23H29N3O5S/c1-17-4-3-5-20(18(17)2)23(27)24-21-16-19(32(28,29)26-10-14-31-15-11-26)6-7-22(21)25-8-12-30-13-9-25/h3-7,16H,8-15H2,1-2H3,(H,24,27). The average molecular weight is 460 g/mol. The molecule has 0 bridgehead atoms. The minimum atomic E-state index is -3.69. The van der Waals surface area contributed by atoms with Crippen LogP contribution < -0.4 is 10.2 Å². The predicted molar refractivity (Wildman–Crippen MR) is 123 cm³/mol. The van der Waals surface area contributed by atoms with Gasteiger partial charge in [0.2, 0.25) is 10.0 Å². The van der Waals surface area contributed by atoms with Crippen molar-refractivity contribution in [3.8, 4) is 0 Å². The molecule has 0 saturated carbocycles. The van der Waals surface area contributed by atoms with Gasteiger partial charge in [0.05, 0.1) is 42.7 Å². The number of morpholine rings is 2. The van der Waals surface area contributed by atoms with Crippen molar-refractivity contribution in [3.05, 3.63) is 53.1 Å². The maximum atomic E-state index is 13.2. The van der Waals surface area contributed by atoms with E-state index in [0.717, 1.165) is 16.8 Å². The summed E-state index contributed by atoms with van der Waals surface area (Å²) in [6.45, 7) is 7.76. The first-order valence-electron chi connectivity index (χ1n) is 10.8. The van der Waals surface area contributed by atoms with Crippen LogP contribution in [0.3, 0.4) is 0 Å². The van der Waals surface area contributed by atoms with E-state index in [9.17, 15) is 13.2 Å². The monoisotopic (exact) mass is 459 g/mol. The van der Waals surface area contributed by atoms with Crippen molar-refractivity contribution in [1.82, 2.24) is 4.31 Å². The highest BCUT2D eigenvalue weighted by atomic mass is 32.2. The van der Waals surface area contributed by atoms with Gasteiger partial charge in [0.25, 0.3) is 5.91 Å². The summed E-state index contributed by atoms with van der Waals surface area (Å²) < 4.78 is 38.6. The second-order valence-corrected chi connectivity index (χ2v) is 9.93. The van der Waals surface area contributed by atoms with Crippen molar-refractivity contribution < 1.29 is 22.7 Å². The second kappa shape index (κ2) is 9.58. The summed E-state index contributed by atoms with van der Waals surface area (Å²) in [5.41, 5.74) is 3.75. The number of hydrogen-bond acceptors (Lipinski definition) is 6. The van der Waals surface area contributed by atoms with E-state index in [1.807, 2.05) is 26.0 Å². The van der Waals surface area contributed by atoms with E-state index in [1.54, 1.807) is 24.3 Å². The van der Waals surface area contributed by atoms with E-state index in [1.165, 1.54) is 4.31 Å². The van der Waals surface area contributed by atoms with Crippen molar-refractivity contribution in [2.75, 3.05) is 62.8 Å². The number of aryl methyl sites for hydroxylation is 1. The molecule has 2 saturated heterocycles.